The van der Waals surface area contributed by atoms with Crippen molar-refractivity contribution >= 4 is 5.95 Å². The molecule has 1 saturated heterocycles. The van der Waals surface area contributed by atoms with Gasteiger partial charge in [0.25, 0.3) is 0 Å². The van der Waals surface area contributed by atoms with E-state index in [1.807, 2.05) is 37.1 Å². The Labute approximate surface area is 125 Å². The first-order chi connectivity index (χ1) is 10.1. The zero-order valence-corrected chi connectivity index (χ0v) is 12.8. The summed E-state index contributed by atoms with van der Waals surface area (Å²) in [6.07, 6.45) is 4.78. The van der Waals surface area contributed by atoms with Gasteiger partial charge in [0.15, 0.2) is 0 Å². The van der Waals surface area contributed by atoms with Crippen LogP contribution in [0.2, 0.25) is 0 Å². The van der Waals surface area contributed by atoms with Crippen molar-refractivity contribution in [3.8, 4) is 0 Å². The molecule has 0 bridgehead atoms. The van der Waals surface area contributed by atoms with Gasteiger partial charge in [0.05, 0.1) is 12.0 Å². The number of hydrogen-bond donors (Lipinski definition) is 1. The molecular formula is C15H22N6. The number of aromatic nitrogens is 4. The lowest BCUT2D eigenvalue weighted by Crippen LogP contribution is -2.29. The Morgan fingerprint density at radius 2 is 2.14 bits per heavy atom. The number of imidazole rings is 1. The Kier molecular flexibility index (Phi) is 3.63. The molecule has 1 fully saturated rings. The third-order valence-electron chi connectivity index (χ3n) is 4.01. The van der Waals surface area contributed by atoms with Crippen molar-refractivity contribution in [2.75, 3.05) is 18.0 Å². The van der Waals surface area contributed by atoms with Crippen LogP contribution < -0.4 is 10.6 Å². The van der Waals surface area contributed by atoms with Crippen LogP contribution in [0.15, 0.2) is 18.6 Å². The highest BCUT2D eigenvalue weighted by Crippen LogP contribution is 2.27. The molecule has 0 radical (unpaired) electrons. The van der Waals surface area contributed by atoms with Gasteiger partial charge in [-0.3, -0.25) is 0 Å². The van der Waals surface area contributed by atoms with Gasteiger partial charge >= 0.3 is 0 Å². The van der Waals surface area contributed by atoms with Crippen LogP contribution >= 0.6 is 0 Å². The maximum Gasteiger partial charge on any atom is 0.225 e. The molecule has 3 rings (SSSR count). The monoisotopic (exact) mass is 286 g/mol. The lowest BCUT2D eigenvalue weighted by molar-refractivity contribution is 0.639. The van der Waals surface area contributed by atoms with Crippen LogP contribution in [-0.4, -0.2) is 38.7 Å². The van der Waals surface area contributed by atoms with Gasteiger partial charge in [-0.15, -0.1) is 0 Å². The fourth-order valence-electron chi connectivity index (χ4n) is 2.87. The average molecular weight is 286 g/mol. The first-order valence-electron chi connectivity index (χ1n) is 7.39. The van der Waals surface area contributed by atoms with Crippen molar-refractivity contribution in [1.29, 1.82) is 0 Å². The molecule has 2 aromatic heterocycles. The molecule has 112 valence electrons. The summed E-state index contributed by atoms with van der Waals surface area (Å²) in [5.74, 6) is 1.03. The zero-order valence-electron chi connectivity index (χ0n) is 12.8. The van der Waals surface area contributed by atoms with Gasteiger partial charge in [0.2, 0.25) is 5.95 Å². The molecule has 6 nitrogen and oxygen atoms in total. The lowest BCUT2D eigenvalue weighted by Gasteiger charge is -2.17. The number of nitrogens with zero attached hydrogens (tertiary/aromatic N) is 5. The Morgan fingerprint density at radius 1 is 1.33 bits per heavy atom. The molecule has 0 aromatic carbocycles. The quantitative estimate of drug-likeness (QED) is 0.911. The van der Waals surface area contributed by atoms with E-state index in [0.29, 0.717) is 0 Å². The first kappa shape index (κ1) is 14.0. The van der Waals surface area contributed by atoms with E-state index in [9.17, 15) is 0 Å². The molecule has 0 amide bonds. The van der Waals surface area contributed by atoms with Crippen molar-refractivity contribution in [2.45, 2.75) is 32.2 Å². The molecule has 0 saturated carbocycles. The van der Waals surface area contributed by atoms with E-state index >= 15 is 0 Å². The molecular weight excluding hydrogens is 264 g/mol. The molecule has 1 aliphatic heterocycles. The summed E-state index contributed by atoms with van der Waals surface area (Å²) in [6.45, 7) is 5.72. The zero-order chi connectivity index (χ0) is 15.0. The van der Waals surface area contributed by atoms with Crippen LogP contribution in [0.3, 0.4) is 0 Å². The normalized spacial score (nSPS) is 22.0. The minimum absolute atomic E-state index is 0.0640. The number of aryl methyl sites for hydroxylation is 3. The summed E-state index contributed by atoms with van der Waals surface area (Å²) in [7, 11) is 1.98. The maximum absolute atomic E-state index is 6.31. The highest BCUT2D eigenvalue weighted by Gasteiger charge is 2.34. The second-order valence-corrected chi connectivity index (χ2v) is 5.79. The minimum atomic E-state index is 0.0640. The number of nitrogens with two attached hydrogens (primary N) is 1. The topological polar surface area (TPSA) is 72.9 Å². The second-order valence-electron chi connectivity index (χ2n) is 5.79. The van der Waals surface area contributed by atoms with Crippen LogP contribution in [0, 0.1) is 6.92 Å². The van der Waals surface area contributed by atoms with E-state index in [1.165, 1.54) is 0 Å². The van der Waals surface area contributed by atoms with E-state index in [-0.39, 0.29) is 12.0 Å². The molecule has 0 spiro atoms. The molecule has 3 heterocycles. The summed E-state index contributed by atoms with van der Waals surface area (Å²) in [5, 5.41) is 0. The predicted molar refractivity (Wildman–Crippen MR) is 82.3 cm³/mol. The Morgan fingerprint density at radius 3 is 2.81 bits per heavy atom. The van der Waals surface area contributed by atoms with Gasteiger partial charge in [-0.25, -0.2) is 15.0 Å². The van der Waals surface area contributed by atoms with Gasteiger partial charge in [-0.05, 0) is 19.4 Å². The van der Waals surface area contributed by atoms with E-state index < -0.39 is 0 Å². The van der Waals surface area contributed by atoms with Crippen LogP contribution in [0.5, 0.6) is 0 Å². The number of hydrogen-bond acceptors (Lipinski definition) is 5. The van der Waals surface area contributed by atoms with Crippen molar-refractivity contribution in [3.63, 3.8) is 0 Å². The summed E-state index contributed by atoms with van der Waals surface area (Å²) < 4.78 is 1.96. The van der Waals surface area contributed by atoms with Crippen molar-refractivity contribution in [3.05, 3.63) is 35.7 Å². The van der Waals surface area contributed by atoms with Crippen molar-refractivity contribution in [2.24, 2.45) is 12.8 Å². The molecule has 2 N–H and O–H groups in total. The highest BCUT2D eigenvalue weighted by molar-refractivity contribution is 5.37. The Bertz CT molecular complexity index is 635. The van der Waals surface area contributed by atoms with Gasteiger partial charge in [0.1, 0.15) is 0 Å². The summed E-state index contributed by atoms with van der Waals surface area (Å²) in [6, 6.07) is 2.10. The molecule has 2 atom stereocenters. The SMILES string of the molecule is CCc1cc(C)nc(N2C[C@@H](N)[C@H](c3cn(C)cn3)C2)n1. The van der Waals surface area contributed by atoms with Gasteiger partial charge in [-0.2, -0.15) is 0 Å². The summed E-state index contributed by atoms with van der Waals surface area (Å²) in [4.78, 5) is 15.8. The minimum Gasteiger partial charge on any atom is -0.340 e. The fourth-order valence-corrected chi connectivity index (χ4v) is 2.87. The third kappa shape index (κ3) is 2.76. The van der Waals surface area contributed by atoms with E-state index in [4.69, 9.17) is 5.73 Å². The average Bonchev–Trinajstić information content (AvgIpc) is 3.04. The number of rotatable bonds is 3. The van der Waals surface area contributed by atoms with Crippen LogP contribution in [0.1, 0.15) is 29.9 Å². The lowest BCUT2D eigenvalue weighted by atomic mass is 10.0. The second kappa shape index (κ2) is 5.44. The van der Waals surface area contributed by atoms with Gasteiger partial charge < -0.3 is 15.2 Å². The molecule has 21 heavy (non-hydrogen) atoms. The fraction of sp³-hybridized carbons (Fsp3) is 0.533. The molecule has 0 unspecified atom stereocenters. The summed E-state index contributed by atoms with van der Waals surface area (Å²) >= 11 is 0. The van der Waals surface area contributed by atoms with Gasteiger partial charge in [-0.1, -0.05) is 6.92 Å². The van der Waals surface area contributed by atoms with Crippen molar-refractivity contribution in [1.82, 2.24) is 19.5 Å². The van der Waals surface area contributed by atoms with E-state index in [1.54, 1.807) is 0 Å². The van der Waals surface area contributed by atoms with Gasteiger partial charge in [0, 0.05) is 49.7 Å². The Hall–Kier alpha value is -1.95. The van der Waals surface area contributed by atoms with Crippen LogP contribution in [0.25, 0.3) is 0 Å². The molecule has 2 aromatic rings. The molecule has 0 aliphatic carbocycles. The highest BCUT2D eigenvalue weighted by atomic mass is 15.3. The first-order valence-corrected chi connectivity index (χ1v) is 7.39. The summed E-state index contributed by atoms with van der Waals surface area (Å²) in [5.41, 5.74) is 9.44. The Balaban J connectivity index is 1.84. The van der Waals surface area contributed by atoms with E-state index in [2.05, 4.69) is 26.8 Å². The number of anilines is 1. The largest absolute Gasteiger partial charge is 0.340 e. The molecule has 6 heteroatoms. The van der Waals surface area contributed by atoms with E-state index in [0.717, 1.165) is 42.5 Å². The predicted octanol–water partition coefficient (Wildman–Crippen LogP) is 1.01. The molecule has 1 aliphatic rings. The van der Waals surface area contributed by atoms with Crippen LogP contribution in [-0.2, 0) is 13.5 Å². The van der Waals surface area contributed by atoms with Crippen molar-refractivity contribution < 1.29 is 0 Å². The standard InChI is InChI=1S/C15H22N6/c1-4-11-5-10(2)18-15(19-11)21-6-12(13(16)7-21)14-8-20(3)9-17-14/h5,8-9,12-13H,4,6-7,16H2,1-3H3/t12-,13-/m1/s1. The third-order valence-corrected chi connectivity index (χ3v) is 4.01. The maximum atomic E-state index is 6.31. The van der Waals surface area contributed by atoms with Crippen LogP contribution in [0.4, 0.5) is 5.95 Å². The smallest absolute Gasteiger partial charge is 0.225 e.